The van der Waals surface area contributed by atoms with Crippen LogP contribution in [0, 0.1) is 5.92 Å². The molecule has 2 heterocycles. The number of likely N-dealkylation sites (tertiary alicyclic amines) is 1. The van der Waals surface area contributed by atoms with Crippen molar-refractivity contribution in [2.24, 2.45) is 16.6 Å². The van der Waals surface area contributed by atoms with E-state index in [0.29, 0.717) is 12.3 Å². The monoisotopic (exact) mass is 372 g/mol. The Bertz CT molecular complexity index is 641. The van der Waals surface area contributed by atoms with Crippen molar-refractivity contribution in [1.29, 1.82) is 0 Å². The number of carbonyl (C=O) groups is 1. The zero-order valence-corrected chi connectivity index (χ0v) is 16.3. The molecule has 0 radical (unpaired) electrons. The molecule has 3 N–H and O–H groups in total. The second kappa shape index (κ2) is 9.22. The van der Waals surface area contributed by atoms with Gasteiger partial charge in [-0.3, -0.25) is 9.79 Å². The number of amides is 1. The number of piperidine rings is 1. The van der Waals surface area contributed by atoms with Crippen LogP contribution in [-0.2, 0) is 14.9 Å². The highest BCUT2D eigenvalue weighted by Crippen LogP contribution is 2.34. The van der Waals surface area contributed by atoms with Gasteiger partial charge in [-0.2, -0.15) is 0 Å². The summed E-state index contributed by atoms with van der Waals surface area (Å²) >= 11 is 0. The van der Waals surface area contributed by atoms with Crippen LogP contribution in [0.5, 0.6) is 0 Å². The number of carbonyl (C=O) groups excluding carboxylic acids is 1. The maximum Gasteiger partial charge on any atom is 0.217 e. The average molecular weight is 373 g/mol. The molecule has 0 bridgehead atoms. The maximum absolute atomic E-state index is 11.3. The predicted octanol–water partition coefficient (Wildman–Crippen LogP) is 1.90. The Morgan fingerprint density at radius 2 is 2.07 bits per heavy atom. The van der Waals surface area contributed by atoms with Crippen molar-refractivity contribution >= 4 is 11.9 Å². The van der Waals surface area contributed by atoms with Crippen molar-refractivity contribution in [3.8, 4) is 0 Å². The maximum atomic E-state index is 11.3. The molecular weight excluding hydrogens is 340 g/mol. The first kappa shape index (κ1) is 19.7. The minimum atomic E-state index is -0.213. The molecule has 1 amide bonds. The largest absolute Gasteiger partial charge is 0.381 e. The molecule has 0 spiro atoms. The summed E-state index contributed by atoms with van der Waals surface area (Å²) in [7, 11) is 1.83. The first-order valence-electron chi connectivity index (χ1n) is 10.0. The topological polar surface area (TPSA) is 80.0 Å². The van der Waals surface area contributed by atoms with Gasteiger partial charge in [0.1, 0.15) is 0 Å². The number of ether oxygens (including phenoxy) is 1. The number of aliphatic imine (C=N–C) groups is 1. The summed E-state index contributed by atoms with van der Waals surface area (Å²) in [6.45, 7) is 4.23. The fourth-order valence-electron chi connectivity index (χ4n) is 4.41. The zero-order valence-electron chi connectivity index (χ0n) is 16.3. The molecule has 27 heavy (non-hydrogen) atoms. The van der Waals surface area contributed by atoms with Gasteiger partial charge < -0.3 is 20.7 Å². The zero-order chi connectivity index (χ0) is 19.1. The third-order valence-corrected chi connectivity index (χ3v) is 5.94. The lowest BCUT2D eigenvalue weighted by atomic mass is 9.74. The lowest BCUT2D eigenvalue weighted by Crippen LogP contribution is -2.51. The van der Waals surface area contributed by atoms with Gasteiger partial charge in [0.25, 0.3) is 0 Å². The van der Waals surface area contributed by atoms with E-state index in [1.165, 1.54) is 5.56 Å². The number of rotatable bonds is 5. The van der Waals surface area contributed by atoms with Crippen molar-refractivity contribution in [3.63, 3.8) is 0 Å². The highest BCUT2D eigenvalue weighted by Gasteiger charge is 2.35. The third kappa shape index (κ3) is 5.01. The summed E-state index contributed by atoms with van der Waals surface area (Å²) in [6, 6.07) is 10.7. The van der Waals surface area contributed by atoms with E-state index in [2.05, 4.69) is 45.5 Å². The minimum Gasteiger partial charge on any atom is -0.381 e. The summed E-state index contributed by atoms with van der Waals surface area (Å²) < 4.78 is 5.63. The predicted molar refractivity (Wildman–Crippen MR) is 108 cm³/mol. The first-order valence-corrected chi connectivity index (χ1v) is 10.0. The molecule has 148 valence electrons. The number of nitrogens with two attached hydrogens (primary N) is 1. The SMILES string of the molecule is CN=C(NCC1(c2ccccc2)CCOCC1)N1CCCC(CC(N)=O)C1. The molecule has 2 aliphatic heterocycles. The van der Waals surface area contributed by atoms with Crippen LogP contribution in [0.3, 0.4) is 0 Å². The minimum absolute atomic E-state index is 0.0673. The number of hydrogen-bond acceptors (Lipinski definition) is 3. The van der Waals surface area contributed by atoms with Crippen molar-refractivity contribution in [3.05, 3.63) is 35.9 Å². The molecule has 1 aromatic carbocycles. The molecule has 2 saturated heterocycles. The summed E-state index contributed by atoms with van der Waals surface area (Å²) in [5.74, 6) is 1.03. The number of hydrogen-bond donors (Lipinski definition) is 2. The molecule has 1 atom stereocenters. The second-order valence-electron chi connectivity index (χ2n) is 7.78. The Kier molecular flexibility index (Phi) is 6.72. The normalized spacial score (nSPS) is 23.1. The van der Waals surface area contributed by atoms with Crippen LogP contribution in [0.25, 0.3) is 0 Å². The molecular formula is C21H32N4O2. The van der Waals surface area contributed by atoms with Gasteiger partial charge in [-0.15, -0.1) is 0 Å². The summed E-state index contributed by atoms with van der Waals surface area (Å²) in [6.07, 6.45) is 4.59. The Balaban J connectivity index is 1.67. The fraction of sp³-hybridized carbons (Fsp3) is 0.619. The van der Waals surface area contributed by atoms with Gasteiger partial charge in [0.05, 0.1) is 0 Å². The van der Waals surface area contributed by atoms with E-state index >= 15 is 0 Å². The second-order valence-corrected chi connectivity index (χ2v) is 7.78. The van der Waals surface area contributed by atoms with Crippen molar-refractivity contribution < 1.29 is 9.53 Å². The van der Waals surface area contributed by atoms with Gasteiger partial charge in [0.15, 0.2) is 5.96 Å². The van der Waals surface area contributed by atoms with Gasteiger partial charge in [0, 0.05) is 51.7 Å². The van der Waals surface area contributed by atoms with Crippen LogP contribution < -0.4 is 11.1 Å². The standard InChI is InChI=1S/C21H32N4O2/c1-23-20(25-11-5-6-17(15-25)14-19(22)26)24-16-21(9-12-27-13-10-21)18-7-3-2-4-8-18/h2-4,7-8,17H,5-6,9-16H2,1H3,(H2,22,26)(H,23,24). The Morgan fingerprint density at radius 3 is 2.74 bits per heavy atom. The van der Waals surface area contributed by atoms with E-state index in [4.69, 9.17) is 10.5 Å². The van der Waals surface area contributed by atoms with Crippen molar-refractivity contribution in [1.82, 2.24) is 10.2 Å². The lowest BCUT2D eigenvalue weighted by molar-refractivity contribution is -0.119. The lowest BCUT2D eigenvalue weighted by Gasteiger charge is -2.40. The fourth-order valence-corrected chi connectivity index (χ4v) is 4.41. The van der Waals surface area contributed by atoms with Gasteiger partial charge in [0.2, 0.25) is 5.91 Å². The van der Waals surface area contributed by atoms with Gasteiger partial charge in [-0.05, 0) is 37.2 Å². The average Bonchev–Trinajstić information content (AvgIpc) is 2.70. The van der Waals surface area contributed by atoms with E-state index in [1.54, 1.807) is 0 Å². The first-order chi connectivity index (χ1) is 13.1. The molecule has 3 rings (SSSR count). The van der Waals surface area contributed by atoms with Crippen molar-refractivity contribution in [2.75, 3.05) is 39.9 Å². The number of benzene rings is 1. The van der Waals surface area contributed by atoms with E-state index in [9.17, 15) is 4.79 Å². The molecule has 1 unspecified atom stereocenters. The molecule has 0 saturated carbocycles. The Morgan fingerprint density at radius 1 is 1.33 bits per heavy atom. The molecule has 0 aromatic heterocycles. The highest BCUT2D eigenvalue weighted by molar-refractivity contribution is 5.80. The molecule has 6 nitrogen and oxygen atoms in total. The quantitative estimate of drug-likeness (QED) is 0.611. The Labute approximate surface area is 162 Å². The molecule has 2 aliphatic rings. The van der Waals surface area contributed by atoms with Crippen LogP contribution in [0.1, 0.15) is 37.7 Å². The van der Waals surface area contributed by atoms with Crippen LogP contribution in [0.2, 0.25) is 0 Å². The van der Waals surface area contributed by atoms with Crippen LogP contribution in [0.4, 0.5) is 0 Å². The number of guanidine groups is 1. The van der Waals surface area contributed by atoms with E-state index in [1.807, 2.05) is 7.05 Å². The van der Waals surface area contributed by atoms with Gasteiger partial charge >= 0.3 is 0 Å². The van der Waals surface area contributed by atoms with Crippen LogP contribution >= 0.6 is 0 Å². The van der Waals surface area contributed by atoms with Gasteiger partial charge in [-0.1, -0.05) is 30.3 Å². The molecule has 6 heteroatoms. The van der Waals surface area contributed by atoms with Crippen molar-refractivity contribution in [2.45, 2.75) is 37.5 Å². The summed E-state index contributed by atoms with van der Waals surface area (Å²) in [5, 5.41) is 3.63. The Hall–Kier alpha value is -2.08. The highest BCUT2D eigenvalue weighted by atomic mass is 16.5. The van der Waals surface area contributed by atoms with E-state index in [-0.39, 0.29) is 11.3 Å². The smallest absolute Gasteiger partial charge is 0.217 e. The van der Waals surface area contributed by atoms with Crippen LogP contribution in [-0.4, -0.2) is 56.7 Å². The summed E-state index contributed by atoms with van der Waals surface area (Å²) in [4.78, 5) is 18.1. The van der Waals surface area contributed by atoms with E-state index < -0.39 is 0 Å². The number of nitrogens with zero attached hydrogens (tertiary/aromatic N) is 2. The third-order valence-electron chi connectivity index (χ3n) is 5.94. The molecule has 0 aliphatic carbocycles. The summed E-state index contributed by atoms with van der Waals surface area (Å²) in [5.41, 5.74) is 6.83. The van der Waals surface area contributed by atoms with Crippen LogP contribution in [0.15, 0.2) is 35.3 Å². The molecule has 2 fully saturated rings. The molecule has 1 aromatic rings. The van der Waals surface area contributed by atoms with Gasteiger partial charge in [-0.25, -0.2) is 0 Å². The van der Waals surface area contributed by atoms with E-state index in [0.717, 1.165) is 64.5 Å². The number of nitrogens with one attached hydrogen (secondary N) is 1. The number of primary amides is 1.